The van der Waals surface area contributed by atoms with Crippen LogP contribution in [0.3, 0.4) is 0 Å². The zero-order valence-corrected chi connectivity index (χ0v) is 8.95. The molecule has 76 valence electrons. The van der Waals surface area contributed by atoms with Gasteiger partial charge in [0.2, 0.25) is 0 Å². The van der Waals surface area contributed by atoms with Crippen LogP contribution in [0, 0.1) is 0 Å². The Morgan fingerprint density at radius 2 is 1.93 bits per heavy atom. The summed E-state index contributed by atoms with van der Waals surface area (Å²) in [6.07, 6.45) is 8.28. The Morgan fingerprint density at radius 1 is 1.13 bits per heavy atom. The van der Waals surface area contributed by atoms with Gasteiger partial charge in [0, 0.05) is 5.92 Å². The third kappa shape index (κ3) is 1.80. The number of hydrogen-bond acceptors (Lipinski definition) is 0. The maximum absolute atomic E-state index is 3.84. The zero-order chi connectivity index (χ0) is 10.7. The van der Waals surface area contributed by atoms with Crippen LogP contribution in [-0.4, -0.2) is 0 Å². The molecule has 1 atom stereocenters. The van der Waals surface area contributed by atoms with Crippen molar-refractivity contribution in [3.05, 3.63) is 66.3 Å². The van der Waals surface area contributed by atoms with Gasteiger partial charge >= 0.3 is 0 Å². The Bertz CT molecular complexity index is 410. The van der Waals surface area contributed by atoms with Crippen LogP contribution >= 0.6 is 0 Å². The van der Waals surface area contributed by atoms with E-state index in [9.17, 15) is 0 Å². The summed E-state index contributed by atoms with van der Waals surface area (Å²) < 4.78 is 0. The van der Waals surface area contributed by atoms with E-state index in [1.807, 2.05) is 12.2 Å². The molecule has 0 spiro atoms. The van der Waals surface area contributed by atoms with Crippen molar-refractivity contribution < 1.29 is 0 Å². The molecule has 0 nitrogen and oxygen atoms in total. The van der Waals surface area contributed by atoms with E-state index in [0.29, 0.717) is 5.92 Å². The molecule has 1 aromatic rings. The average Bonchev–Trinajstić information content (AvgIpc) is 2.59. The Labute approximate surface area is 91.6 Å². The van der Waals surface area contributed by atoms with Gasteiger partial charge in [0.1, 0.15) is 0 Å². The van der Waals surface area contributed by atoms with Crippen molar-refractivity contribution in [2.75, 3.05) is 0 Å². The van der Waals surface area contributed by atoms with E-state index in [1.165, 1.54) is 16.7 Å². The fourth-order valence-electron chi connectivity index (χ4n) is 2.27. The lowest BCUT2D eigenvalue weighted by Crippen LogP contribution is -1.96. The normalized spacial score (nSPS) is 18.1. The Kier molecular flexibility index (Phi) is 2.86. The molecule has 0 aliphatic heterocycles. The molecule has 0 N–H and O–H groups in total. The molecular formula is C15H16. The van der Waals surface area contributed by atoms with Crippen LogP contribution in [-0.2, 0) is 0 Å². The minimum absolute atomic E-state index is 0.525. The monoisotopic (exact) mass is 196 g/mol. The molecular weight excluding hydrogens is 180 g/mol. The molecule has 1 aliphatic carbocycles. The maximum atomic E-state index is 3.84. The molecule has 1 aromatic carbocycles. The van der Waals surface area contributed by atoms with Crippen molar-refractivity contribution in [3.63, 3.8) is 0 Å². The molecule has 0 amide bonds. The lowest BCUT2D eigenvalue weighted by molar-refractivity contribution is 0.809. The number of fused-ring (bicyclic) bond motifs is 1. The molecule has 0 saturated heterocycles. The van der Waals surface area contributed by atoms with Crippen molar-refractivity contribution in [1.29, 1.82) is 0 Å². The third-order valence-corrected chi connectivity index (χ3v) is 2.94. The third-order valence-electron chi connectivity index (χ3n) is 2.94. The molecule has 0 aromatic heterocycles. The van der Waals surface area contributed by atoms with Gasteiger partial charge in [0.25, 0.3) is 0 Å². The van der Waals surface area contributed by atoms with Crippen molar-refractivity contribution in [2.45, 2.75) is 18.8 Å². The molecule has 2 rings (SSSR count). The minimum Gasteiger partial charge on any atom is -0.103 e. The van der Waals surface area contributed by atoms with E-state index in [0.717, 1.165) is 12.8 Å². The zero-order valence-electron chi connectivity index (χ0n) is 8.95. The van der Waals surface area contributed by atoms with Gasteiger partial charge in [-0.1, -0.05) is 48.1 Å². The molecule has 0 bridgehead atoms. The average molecular weight is 196 g/mol. The largest absolute Gasteiger partial charge is 0.103 e. The predicted molar refractivity (Wildman–Crippen MR) is 66.8 cm³/mol. The molecule has 0 fully saturated rings. The number of rotatable bonds is 4. The molecule has 1 unspecified atom stereocenters. The first-order valence-electron chi connectivity index (χ1n) is 5.38. The highest BCUT2D eigenvalue weighted by Crippen LogP contribution is 2.40. The molecule has 0 heteroatoms. The molecule has 15 heavy (non-hydrogen) atoms. The quantitative estimate of drug-likeness (QED) is 0.629. The summed E-state index contributed by atoms with van der Waals surface area (Å²) in [5.74, 6) is 0.525. The SMILES string of the molecule is C=CCC1=Cc2ccccc2C1CC=C. The van der Waals surface area contributed by atoms with Crippen molar-refractivity contribution in [3.8, 4) is 0 Å². The minimum atomic E-state index is 0.525. The molecule has 0 saturated carbocycles. The van der Waals surface area contributed by atoms with Crippen LogP contribution in [0.4, 0.5) is 0 Å². The first-order chi connectivity index (χ1) is 7.36. The second-order valence-corrected chi connectivity index (χ2v) is 3.92. The summed E-state index contributed by atoms with van der Waals surface area (Å²) in [5.41, 5.74) is 4.27. The lowest BCUT2D eigenvalue weighted by Gasteiger charge is -2.13. The van der Waals surface area contributed by atoms with Crippen LogP contribution in [0.5, 0.6) is 0 Å². The fraction of sp³-hybridized carbons (Fsp3) is 0.200. The van der Waals surface area contributed by atoms with E-state index >= 15 is 0 Å². The summed E-state index contributed by atoms with van der Waals surface area (Å²) in [7, 11) is 0. The lowest BCUT2D eigenvalue weighted by atomic mass is 9.91. The van der Waals surface area contributed by atoms with Gasteiger partial charge in [-0.15, -0.1) is 13.2 Å². The standard InChI is InChI=1S/C15H16/c1-3-7-12-11-13-9-5-6-10-15(13)14(12)8-4-2/h3-6,9-11,14H,1-2,7-8H2. The Balaban J connectivity index is 2.37. The number of allylic oxidation sites excluding steroid dienone is 3. The van der Waals surface area contributed by atoms with Gasteiger partial charge in [0.05, 0.1) is 0 Å². The van der Waals surface area contributed by atoms with Crippen LogP contribution < -0.4 is 0 Å². The molecule has 0 heterocycles. The second kappa shape index (κ2) is 4.31. The predicted octanol–water partition coefficient (Wildman–Crippen LogP) is 4.32. The van der Waals surface area contributed by atoms with Gasteiger partial charge < -0.3 is 0 Å². The Hall–Kier alpha value is -1.56. The molecule has 1 aliphatic rings. The van der Waals surface area contributed by atoms with E-state index in [2.05, 4.69) is 43.5 Å². The van der Waals surface area contributed by atoms with Crippen molar-refractivity contribution >= 4 is 6.08 Å². The highest BCUT2D eigenvalue weighted by atomic mass is 14.3. The van der Waals surface area contributed by atoms with Gasteiger partial charge in [-0.2, -0.15) is 0 Å². The van der Waals surface area contributed by atoms with E-state index in [4.69, 9.17) is 0 Å². The number of hydrogen-bond donors (Lipinski definition) is 0. The van der Waals surface area contributed by atoms with Crippen molar-refractivity contribution in [1.82, 2.24) is 0 Å². The van der Waals surface area contributed by atoms with E-state index in [1.54, 1.807) is 0 Å². The van der Waals surface area contributed by atoms with Gasteiger partial charge in [-0.05, 0) is 24.0 Å². The van der Waals surface area contributed by atoms with Crippen LogP contribution in [0.1, 0.15) is 29.9 Å². The first-order valence-corrected chi connectivity index (χ1v) is 5.38. The van der Waals surface area contributed by atoms with Gasteiger partial charge in [-0.3, -0.25) is 0 Å². The highest BCUT2D eigenvalue weighted by Gasteiger charge is 2.22. The first kappa shape index (κ1) is 9.97. The maximum Gasteiger partial charge on any atom is 0.00949 e. The van der Waals surface area contributed by atoms with Crippen molar-refractivity contribution in [2.24, 2.45) is 0 Å². The Morgan fingerprint density at radius 3 is 2.67 bits per heavy atom. The summed E-state index contributed by atoms with van der Waals surface area (Å²) in [4.78, 5) is 0. The number of benzene rings is 1. The summed E-state index contributed by atoms with van der Waals surface area (Å²) in [6, 6.07) is 8.61. The highest BCUT2D eigenvalue weighted by molar-refractivity contribution is 5.66. The van der Waals surface area contributed by atoms with E-state index in [-0.39, 0.29) is 0 Å². The van der Waals surface area contributed by atoms with E-state index < -0.39 is 0 Å². The van der Waals surface area contributed by atoms with Crippen LogP contribution in [0.25, 0.3) is 6.08 Å². The van der Waals surface area contributed by atoms with Crippen LogP contribution in [0.15, 0.2) is 55.1 Å². The fourth-order valence-corrected chi connectivity index (χ4v) is 2.27. The van der Waals surface area contributed by atoms with Gasteiger partial charge in [-0.25, -0.2) is 0 Å². The smallest absolute Gasteiger partial charge is 0.00949 e. The second-order valence-electron chi connectivity index (χ2n) is 3.92. The summed E-state index contributed by atoms with van der Waals surface area (Å²) in [6.45, 7) is 7.65. The summed E-state index contributed by atoms with van der Waals surface area (Å²) >= 11 is 0. The summed E-state index contributed by atoms with van der Waals surface area (Å²) in [5, 5.41) is 0. The van der Waals surface area contributed by atoms with Crippen LogP contribution in [0.2, 0.25) is 0 Å². The topological polar surface area (TPSA) is 0 Å². The molecule has 0 radical (unpaired) electrons. The van der Waals surface area contributed by atoms with Gasteiger partial charge in [0.15, 0.2) is 0 Å².